The van der Waals surface area contributed by atoms with Gasteiger partial charge in [-0.1, -0.05) is 12.1 Å². The van der Waals surface area contributed by atoms with Crippen LogP contribution >= 0.6 is 0 Å². The van der Waals surface area contributed by atoms with Gasteiger partial charge in [-0.2, -0.15) is 0 Å². The highest BCUT2D eigenvalue weighted by atomic mass is 16.5. The molecule has 3 rings (SSSR count). The zero-order valence-electron chi connectivity index (χ0n) is 19.0. The third-order valence-electron chi connectivity index (χ3n) is 5.61. The number of rotatable bonds is 8. The second-order valence-electron chi connectivity index (χ2n) is 7.63. The fraction of sp³-hybridized carbons (Fsp3) is 0.360. The highest BCUT2D eigenvalue weighted by molar-refractivity contribution is 5.95. The summed E-state index contributed by atoms with van der Waals surface area (Å²) in [5.41, 5.74) is 1.81. The molecule has 2 amide bonds. The SMILES string of the molecule is COc1ccc(/C=C/C(=O)NC(C)C(=O)N2CCCC2c2ccc(OC)cc2OC)cc1. The highest BCUT2D eigenvalue weighted by Gasteiger charge is 2.34. The molecule has 1 aliphatic rings. The van der Waals surface area contributed by atoms with E-state index in [-0.39, 0.29) is 17.9 Å². The molecular weight excluding hydrogens is 408 g/mol. The summed E-state index contributed by atoms with van der Waals surface area (Å²) >= 11 is 0. The summed E-state index contributed by atoms with van der Waals surface area (Å²) in [6.45, 7) is 2.35. The Hall–Kier alpha value is -3.48. The lowest BCUT2D eigenvalue weighted by atomic mass is 10.0. The molecule has 2 unspecified atom stereocenters. The lowest BCUT2D eigenvalue weighted by Crippen LogP contribution is -2.46. The summed E-state index contributed by atoms with van der Waals surface area (Å²) in [6, 6.07) is 12.2. The summed E-state index contributed by atoms with van der Waals surface area (Å²) < 4.78 is 15.9. The average Bonchev–Trinajstić information content (AvgIpc) is 3.31. The van der Waals surface area contributed by atoms with E-state index in [2.05, 4.69) is 5.32 Å². The minimum atomic E-state index is -0.645. The molecule has 0 radical (unpaired) electrons. The standard InChI is InChI=1S/C25H30N2O5/c1-17(26-24(28)14-9-18-7-10-19(30-2)11-8-18)25(29)27-15-5-6-22(27)21-13-12-20(31-3)16-23(21)32-4/h7-14,16-17,22H,5-6,15H2,1-4H3,(H,26,28)/b14-9+. The van der Waals surface area contributed by atoms with Crippen LogP contribution in [0.1, 0.15) is 36.9 Å². The van der Waals surface area contributed by atoms with Crippen molar-refractivity contribution in [2.24, 2.45) is 0 Å². The van der Waals surface area contributed by atoms with Crippen LogP contribution in [0.5, 0.6) is 17.2 Å². The summed E-state index contributed by atoms with van der Waals surface area (Å²) in [7, 11) is 4.82. The molecule has 1 saturated heterocycles. The summed E-state index contributed by atoms with van der Waals surface area (Å²) in [4.78, 5) is 27.3. The fourth-order valence-corrected chi connectivity index (χ4v) is 3.91. The number of hydrogen-bond donors (Lipinski definition) is 1. The molecule has 0 bridgehead atoms. The second kappa shape index (κ2) is 10.7. The first-order valence-electron chi connectivity index (χ1n) is 10.6. The number of methoxy groups -OCH3 is 3. The third-order valence-corrected chi connectivity index (χ3v) is 5.61. The first-order chi connectivity index (χ1) is 15.5. The largest absolute Gasteiger partial charge is 0.497 e. The van der Waals surface area contributed by atoms with Crippen molar-refractivity contribution in [1.82, 2.24) is 10.2 Å². The molecule has 1 fully saturated rings. The Morgan fingerprint density at radius 1 is 1.03 bits per heavy atom. The molecule has 7 nitrogen and oxygen atoms in total. The number of carbonyl (C=O) groups is 2. The monoisotopic (exact) mass is 438 g/mol. The van der Waals surface area contributed by atoms with Gasteiger partial charge in [0.25, 0.3) is 0 Å². The Morgan fingerprint density at radius 3 is 2.38 bits per heavy atom. The van der Waals surface area contributed by atoms with Crippen LogP contribution in [0.3, 0.4) is 0 Å². The Balaban J connectivity index is 1.65. The maximum Gasteiger partial charge on any atom is 0.245 e. The molecule has 1 N–H and O–H groups in total. The van der Waals surface area contributed by atoms with Crippen LogP contribution in [0.15, 0.2) is 48.5 Å². The summed E-state index contributed by atoms with van der Waals surface area (Å²) in [6.07, 6.45) is 4.86. The first-order valence-corrected chi connectivity index (χ1v) is 10.6. The van der Waals surface area contributed by atoms with E-state index in [1.807, 2.05) is 47.4 Å². The molecule has 2 atom stereocenters. The van der Waals surface area contributed by atoms with Gasteiger partial charge in [0, 0.05) is 24.3 Å². The van der Waals surface area contributed by atoms with Crippen molar-refractivity contribution in [3.63, 3.8) is 0 Å². The van der Waals surface area contributed by atoms with Crippen LogP contribution in [-0.4, -0.2) is 50.6 Å². The van der Waals surface area contributed by atoms with Gasteiger partial charge in [0.1, 0.15) is 23.3 Å². The van der Waals surface area contributed by atoms with E-state index in [4.69, 9.17) is 14.2 Å². The lowest BCUT2D eigenvalue weighted by Gasteiger charge is -2.29. The molecule has 0 aromatic heterocycles. The molecule has 0 spiro atoms. The van der Waals surface area contributed by atoms with Crippen LogP contribution < -0.4 is 19.5 Å². The van der Waals surface area contributed by atoms with Crippen molar-refractivity contribution in [1.29, 1.82) is 0 Å². The summed E-state index contributed by atoms with van der Waals surface area (Å²) in [5.74, 6) is 1.70. The van der Waals surface area contributed by atoms with Gasteiger partial charge in [0.2, 0.25) is 11.8 Å². The van der Waals surface area contributed by atoms with Gasteiger partial charge in [-0.15, -0.1) is 0 Å². The van der Waals surface area contributed by atoms with E-state index < -0.39 is 6.04 Å². The Labute approximate surface area is 189 Å². The van der Waals surface area contributed by atoms with E-state index >= 15 is 0 Å². The van der Waals surface area contributed by atoms with Gasteiger partial charge in [0.15, 0.2) is 0 Å². The third kappa shape index (κ3) is 5.41. The number of likely N-dealkylation sites (tertiary alicyclic amines) is 1. The predicted octanol–water partition coefficient (Wildman–Crippen LogP) is 3.59. The number of nitrogens with one attached hydrogen (secondary N) is 1. The van der Waals surface area contributed by atoms with Crippen LogP contribution in [0, 0.1) is 0 Å². The zero-order valence-corrected chi connectivity index (χ0v) is 19.0. The molecule has 7 heteroatoms. The van der Waals surface area contributed by atoms with Gasteiger partial charge in [0.05, 0.1) is 27.4 Å². The molecule has 2 aromatic rings. The van der Waals surface area contributed by atoms with Gasteiger partial charge in [-0.3, -0.25) is 9.59 Å². The lowest BCUT2D eigenvalue weighted by molar-refractivity contribution is -0.136. The predicted molar refractivity (Wildman–Crippen MR) is 123 cm³/mol. The van der Waals surface area contributed by atoms with E-state index in [1.165, 1.54) is 6.08 Å². The van der Waals surface area contributed by atoms with Crippen LogP contribution in [-0.2, 0) is 9.59 Å². The Kier molecular flexibility index (Phi) is 7.76. The minimum Gasteiger partial charge on any atom is -0.497 e. The minimum absolute atomic E-state index is 0.0995. The number of hydrogen-bond acceptors (Lipinski definition) is 5. The van der Waals surface area contributed by atoms with Gasteiger partial charge < -0.3 is 24.4 Å². The molecular formula is C25H30N2O5. The van der Waals surface area contributed by atoms with Crippen LogP contribution in [0.4, 0.5) is 0 Å². The first kappa shape index (κ1) is 23.2. The zero-order chi connectivity index (χ0) is 23.1. The summed E-state index contributed by atoms with van der Waals surface area (Å²) in [5, 5.41) is 2.78. The second-order valence-corrected chi connectivity index (χ2v) is 7.63. The maximum atomic E-state index is 13.1. The van der Waals surface area contributed by atoms with Gasteiger partial charge >= 0.3 is 0 Å². The Morgan fingerprint density at radius 2 is 1.72 bits per heavy atom. The van der Waals surface area contributed by atoms with E-state index in [1.54, 1.807) is 34.3 Å². The number of ether oxygens (including phenoxy) is 3. The van der Waals surface area contributed by atoms with Crippen molar-refractivity contribution in [2.75, 3.05) is 27.9 Å². The molecule has 2 aromatic carbocycles. The van der Waals surface area contributed by atoms with Crippen molar-refractivity contribution < 1.29 is 23.8 Å². The number of amides is 2. The highest BCUT2D eigenvalue weighted by Crippen LogP contribution is 2.38. The molecule has 32 heavy (non-hydrogen) atoms. The number of benzene rings is 2. The maximum absolute atomic E-state index is 13.1. The van der Waals surface area contributed by atoms with Crippen molar-refractivity contribution >= 4 is 17.9 Å². The topological polar surface area (TPSA) is 77.1 Å². The van der Waals surface area contributed by atoms with Crippen molar-refractivity contribution in [3.8, 4) is 17.2 Å². The van der Waals surface area contributed by atoms with E-state index in [0.29, 0.717) is 18.0 Å². The molecule has 1 aliphatic heterocycles. The Bertz CT molecular complexity index is 971. The van der Waals surface area contributed by atoms with Crippen LogP contribution in [0.2, 0.25) is 0 Å². The molecule has 0 saturated carbocycles. The number of carbonyl (C=O) groups excluding carboxylic acids is 2. The normalized spacial score (nSPS) is 16.6. The average molecular weight is 439 g/mol. The van der Waals surface area contributed by atoms with E-state index in [9.17, 15) is 9.59 Å². The molecule has 170 valence electrons. The van der Waals surface area contributed by atoms with E-state index in [0.717, 1.165) is 29.7 Å². The molecule has 1 heterocycles. The quantitative estimate of drug-likeness (QED) is 0.638. The fourth-order valence-electron chi connectivity index (χ4n) is 3.91. The van der Waals surface area contributed by atoms with Crippen molar-refractivity contribution in [2.45, 2.75) is 31.8 Å². The smallest absolute Gasteiger partial charge is 0.245 e. The van der Waals surface area contributed by atoms with Crippen LogP contribution in [0.25, 0.3) is 6.08 Å². The van der Waals surface area contributed by atoms with Gasteiger partial charge in [-0.05, 0) is 55.7 Å². The van der Waals surface area contributed by atoms with Gasteiger partial charge in [-0.25, -0.2) is 0 Å². The van der Waals surface area contributed by atoms with Crippen molar-refractivity contribution in [3.05, 3.63) is 59.7 Å². The number of nitrogens with zero attached hydrogens (tertiary/aromatic N) is 1. The molecule has 0 aliphatic carbocycles.